The molecule has 0 saturated heterocycles. The Labute approximate surface area is 224 Å². The molecule has 4 aromatic carbocycles. The fourth-order valence-electron chi connectivity index (χ4n) is 3.84. The molecule has 0 bridgehead atoms. The highest BCUT2D eigenvalue weighted by molar-refractivity contribution is 7.86. The molecule has 3 N–H and O–H groups in total. The molecular formula is C27H24ClN3O6S. The molecule has 0 aliphatic heterocycles. The molecule has 0 aliphatic carbocycles. The van der Waals surface area contributed by atoms with E-state index in [2.05, 4.69) is 15.5 Å². The smallest absolute Gasteiger partial charge is 0.296 e. The summed E-state index contributed by atoms with van der Waals surface area (Å²) in [6.07, 6.45) is 0.375. The number of hydrogen-bond acceptors (Lipinski definition) is 7. The topological polar surface area (TPSA) is 138 Å². The Morgan fingerprint density at radius 3 is 2.39 bits per heavy atom. The largest absolute Gasteiger partial charge is 0.505 e. The Kier molecular flexibility index (Phi) is 7.96. The summed E-state index contributed by atoms with van der Waals surface area (Å²) >= 11 is 6.13. The molecule has 0 aliphatic rings. The van der Waals surface area contributed by atoms with Gasteiger partial charge in [-0.25, -0.2) is 0 Å². The van der Waals surface area contributed by atoms with E-state index in [1.54, 1.807) is 61.5 Å². The van der Waals surface area contributed by atoms with Crippen LogP contribution in [0, 0.1) is 0 Å². The second kappa shape index (κ2) is 11.2. The Morgan fingerprint density at radius 2 is 1.74 bits per heavy atom. The molecule has 4 rings (SSSR count). The molecule has 0 saturated carbocycles. The number of fused-ring (bicyclic) bond motifs is 1. The van der Waals surface area contributed by atoms with Crippen molar-refractivity contribution in [1.29, 1.82) is 0 Å². The van der Waals surface area contributed by atoms with Gasteiger partial charge < -0.3 is 15.2 Å². The van der Waals surface area contributed by atoms with Crippen LogP contribution >= 0.6 is 11.6 Å². The first-order valence-electron chi connectivity index (χ1n) is 11.6. The Balaban J connectivity index is 1.76. The van der Waals surface area contributed by atoms with E-state index in [1.165, 1.54) is 6.07 Å². The number of phenolic OH excluding ortho intramolecular Hbond substituents is 1. The quantitative estimate of drug-likeness (QED) is 0.157. The summed E-state index contributed by atoms with van der Waals surface area (Å²) in [6.45, 7) is 4.15. The van der Waals surface area contributed by atoms with E-state index in [1.807, 2.05) is 6.92 Å². The van der Waals surface area contributed by atoms with Crippen LogP contribution in [0.5, 0.6) is 11.5 Å². The van der Waals surface area contributed by atoms with E-state index >= 15 is 0 Å². The third-order valence-electron chi connectivity index (χ3n) is 5.69. The van der Waals surface area contributed by atoms with Crippen molar-refractivity contribution < 1.29 is 27.6 Å². The van der Waals surface area contributed by atoms with Gasteiger partial charge in [0.1, 0.15) is 16.3 Å². The maximum absolute atomic E-state index is 13.1. The van der Waals surface area contributed by atoms with Crippen molar-refractivity contribution in [2.75, 3.05) is 11.9 Å². The van der Waals surface area contributed by atoms with Gasteiger partial charge in [-0.2, -0.15) is 13.5 Å². The third-order valence-corrected chi connectivity index (χ3v) is 7.12. The molecule has 0 unspecified atom stereocenters. The van der Waals surface area contributed by atoms with Gasteiger partial charge in [0.2, 0.25) is 0 Å². The summed E-state index contributed by atoms with van der Waals surface area (Å²) in [7, 11) is -4.61. The highest BCUT2D eigenvalue weighted by Crippen LogP contribution is 2.40. The Hall–Kier alpha value is -3.99. The van der Waals surface area contributed by atoms with Crippen LogP contribution in [0.1, 0.15) is 29.8 Å². The molecule has 11 heteroatoms. The third kappa shape index (κ3) is 5.77. The molecule has 4 aromatic rings. The first-order chi connectivity index (χ1) is 18.1. The summed E-state index contributed by atoms with van der Waals surface area (Å²) in [5.74, 6) is -0.315. The number of carbonyl (C=O) groups is 1. The van der Waals surface area contributed by atoms with Gasteiger partial charge >= 0.3 is 0 Å². The van der Waals surface area contributed by atoms with Crippen molar-refractivity contribution in [3.05, 3.63) is 82.9 Å². The molecule has 0 radical (unpaired) electrons. The van der Waals surface area contributed by atoms with Crippen LogP contribution in [0.4, 0.5) is 17.1 Å². The molecular weight excluding hydrogens is 530 g/mol. The van der Waals surface area contributed by atoms with Crippen LogP contribution in [0.2, 0.25) is 5.02 Å². The maximum Gasteiger partial charge on any atom is 0.296 e. The number of benzene rings is 4. The van der Waals surface area contributed by atoms with Crippen LogP contribution in [0.15, 0.2) is 81.9 Å². The van der Waals surface area contributed by atoms with Gasteiger partial charge in [0.15, 0.2) is 5.75 Å². The zero-order chi connectivity index (χ0) is 27.4. The van der Waals surface area contributed by atoms with Gasteiger partial charge in [0.05, 0.1) is 22.9 Å². The normalized spacial score (nSPS) is 11.7. The Bertz CT molecular complexity index is 1650. The van der Waals surface area contributed by atoms with Gasteiger partial charge in [0, 0.05) is 11.1 Å². The van der Waals surface area contributed by atoms with Crippen molar-refractivity contribution in [2.24, 2.45) is 10.2 Å². The van der Waals surface area contributed by atoms with Crippen molar-refractivity contribution in [1.82, 2.24) is 0 Å². The van der Waals surface area contributed by atoms with Crippen molar-refractivity contribution in [3.63, 3.8) is 0 Å². The predicted molar refractivity (Wildman–Crippen MR) is 146 cm³/mol. The summed E-state index contributed by atoms with van der Waals surface area (Å²) in [6, 6.07) is 17.9. The minimum Gasteiger partial charge on any atom is -0.505 e. The number of aryl methyl sites for hydroxylation is 1. The molecule has 0 heterocycles. The van der Waals surface area contributed by atoms with Crippen LogP contribution in [-0.2, 0) is 16.5 Å². The molecule has 38 heavy (non-hydrogen) atoms. The zero-order valence-electron chi connectivity index (χ0n) is 20.5. The number of rotatable bonds is 8. The minimum atomic E-state index is -4.61. The second-order valence-corrected chi connectivity index (χ2v) is 9.97. The summed E-state index contributed by atoms with van der Waals surface area (Å²) in [5, 5.41) is 23.1. The van der Waals surface area contributed by atoms with Gasteiger partial charge in [-0.3, -0.25) is 9.35 Å². The molecule has 0 spiro atoms. The van der Waals surface area contributed by atoms with Crippen molar-refractivity contribution in [3.8, 4) is 11.5 Å². The number of aromatic hydroxyl groups is 1. The first-order valence-corrected chi connectivity index (χ1v) is 13.4. The fraction of sp³-hybridized carbons (Fsp3) is 0.148. The van der Waals surface area contributed by atoms with Gasteiger partial charge in [-0.05, 0) is 66.8 Å². The summed E-state index contributed by atoms with van der Waals surface area (Å²) in [5.41, 5.74) is 1.01. The average Bonchev–Trinajstić information content (AvgIpc) is 2.89. The SMILES string of the molecule is CCOc1ccc(NC(=O)c2cc3ccccc3c(N=Nc3cc(CC)c(Cl)c(S(=O)(=O)O)c3)c2O)cc1. The minimum absolute atomic E-state index is 0.0151. The standard InChI is InChI=1S/C27H24ClN3O6S/c1-3-16-13-19(15-23(24(16)28)38(34,35)36)30-31-25-21-8-6-5-7-17(21)14-22(26(25)32)27(33)29-18-9-11-20(12-10-18)37-4-2/h5-15,32H,3-4H2,1-2H3,(H,29,33)(H,34,35,36). The molecule has 0 atom stereocenters. The van der Waals surface area contributed by atoms with E-state index in [0.29, 0.717) is 40.8 Å². The number of carbonyl (C=O) groups excluding carboxylic acids is 1. The van der Waals surface area contributed by atoms with E-state index in [9.17, 15) is 22.9 Å². The lowest BCUT2D eigenvalue weighted by molar-refractivity contribution is 0.102. The monoisotopic (exact) mass is 553 g/mol. The van der Waals surface area contributed by atoms with E-state index in [4.69, 9.17) is 16.3 Å². The lowest BCUT2D eigenvalue weighted by Crippen LogP contribution is -2.12. The Morgan fingerprint density at radius 1 is 1.03 bits per heavy atom. The van der Waals surface area contributed by atoms with E-state index in [0.717, 1.165) is 6.07 Å². The molecule has 0 aromatic heterocycles. The highest BCUT2D eigenvalue weighted by atomic mass is 35.5. The number of ether oxygens (including phenoxy) is 1. The van der Waals surface area contributed by atoms with Gasteiger partial charge in [-0.1, -0.05) is 42.8 Å². The molecule has 9 nitrogen and oxygen atoms in total. The lowest BCUT2D eigenvalue weighted by Gasteiger charge is -2.12. The lowest BCUT2D eigenvalue weighted by atomic mass is 10.0. The van der Waals surface area contributed by atoms with Crippen LogP contribution < -0.4 is 10.1 Å². The average molecular weight is 554 g/mol. The van der Waals surface area contributed by atoms with Crippen LogP contribution in [-0.4, -0.2) is 30.6 Å². The number of azo groups is 1. The highest BCUT2D eigenvalue weighted by Gasteiger charge is 2.20. The van der Waals surface area contributed by atoms with E-state index in [-0.39, 0.29) is 22.0 Å². The predicted octanol–water partition coefficient (Wildman–Crippen LogP) is 7.07. The number of nitrogens with zero attached hydrogens (tertiary/aromatic N) is 2. The number of hydrogen-bond donors (Lipinski definition) is 3. The number of amides is 1. The first kappa shape index (κ1) is 27.1. The van der Waals surface area contributed by atoms with Crippen LogP contribution in [0.25, 0.3) is 10.8 Å². The number of anilines is 1. The van der Waals surface area contributed by atoms with Crippen molar-refractivity contribution >= 4 is 55.5 Å². The summed E-state index contributed by atoms with van der Waals surface area (Å²) in [4.78, 5) is 12.6. The molecule has 1 amide bonds. The zero-order valence-corrected chi connectivity index (χ0v) is 22.0. The second-order valence-electron chi connectivity index (χ2n) is 8.20. The molecule has 0 fully saturated rings. The van der Waals surface area contributed by atoms with Crippen molar-refractivity contribution in [2.45, 2.75) is 25.2 Å². The number of halogens is 1. The summed E-state index contributed by atoms with van der Waals surface area (Å²) < 4.78 is 38.6. The molecule has 196 valence electrons. The van der Waals surface area contributed by atoms with Gasteiger partial charge in [-0.15, -0.1) is 5.11 Å². The maximum atomic E-state index is 13.1. The van der Waals surface area contributed by atoms with Crippen LogP contribution in [0.3, 0.4) is 0 Å². The fourth-order valence-corrected chi connectivity index (χ4v) is 5.00. The van der Waals surface area contributed by atoms with Gasteiger partial charge in [0.25, 0.3) is 16.0 Å². The number of nitrogens with one attached hydrogen (secondary N) is 1. The van der Waals surface area contributed by atoms with E-state index < -0.39 is 26.7 Å². The number of phenols is 1.